The van der Waals surface area contributed by atoms with Gasteiger partial charge >= 0.3 is 0 Å². The molecule has 5 N–H and O–H groups in total. The average Bonchev–Trinajstić information content (AvgIpc) is 2.60. The largest absolute Gasteiger partial charge is 0.508 e. The van der Waals surface area contributed by atoms with Crippen molar-refractivity contribution < 1.29 is 14.2 Å². The van der Waals surface area contributed by atoms with E-state index in [1.807, 2.05) is 6.07 Å². The molecule has 6 nitrogen and oxygen atoms in total. The zero-order valence-electron chi connectivity index (χ0n) is 13.4. The number of benzene rings is 2. The summed E-state index contributed by atoms with van der Waals surface area (Å²) >= 11 is 0. The molecule has 26 heavy (non-hydrogen) atoms. The summed E-state index contributed by atoms with van der Waals surface area (Å²) in [7, 11) is 0. The summed E-state index contributed by atoms with van der Waals surface area (Å²) in [5.74, 6) is -0.470. The Labute approximate surface area is 148 Å². The van der Waals surface area contributed by atoms with E-state index in [1.165, 1.54) is 24.3 Å². The first-order chi connectivity index (χ1) is 12.5. The number of hydrogen-bond donors (Lipinski definition) is 3. The monoisotopic (exact) mass is 348 g/mol. The average molecular weight is 348 g/mol. The lowest BCUT2D eigenvalue weighted by Gasteiger charge is -2.29. The van der Waals surface area contributed by atoms with E-state index in [0.29, 0.717) is 22.4 Å². The van der Waals surface area contributed by atoms with Gasteiger partial charge in [-0.1, -0.05) is 18.2 Å². The smallest absolute Gasteiger partial charge is 0.227 e. The molecule has 0 bridgehead atoms. The number of halogens is 1. The molecule has 2 aromatic carbocycles. The summed E-state index contributed by atoms with van der Waals surface area (Å²) < 4.78 is 19.6. The number of nitrogen functional groups attached to an aromatic ring is 2. The molecule has 1 unspecified atom stereocenters. The fourth-order valence-corrected chi connectivity index (χ4v) is 3.23. The zero-order valence-corrected chi connectivity index (χ0v) is 13.4. The van der Waals surface area contributed by atoms with Crippen molar-refractivity contribution >= 4 is 11.5 Å². The van der Waals surface area contributed by atoms with Crippen LogP contribution in [-0.2, 0) is 0 Å². The van der Waals surface area contributed by atoms with Crippen LogP contribution in [-0.4, -0.2) is 10.1 Å². The highest BCUT2D eigenvalue weighted by Gasteiger charge is 2.34. The van der Waals surface area contributed by atoms with Crippen molar-refractivity contribution in [2.45, 2.75) is 5.92 Å². The number of anilines is 2. The highest BCUT2D eigenvalue weighted by atomic mass is 19.1. The van der Waals surface area contributed by atoms with Crippen LogP contribution in [0.4, 0.5) is 15.9 Å². The number of fused-ring (bicyclic) bond motifs is 2. The van der Waals surface area contributed by atoms with Crippen LogP contribution in [0.1, 0.15) is 28.2 Å². The molecule has 0 saturated heterocycles. The number of pyridine rings is 1. The number of nitrogens with zero attached hydrogens (tertiary/aromatic N) is 2. The van der Waals surface area contributed by atoms with Gasteiger partial charge in [-0.15, -0.1) is 0 Å². The molecule has 7 heteroatoms. The summed E-state index contributed by atoms with van der Waals surface area (Å²) in [5.41, 5.74) is 13.9. The van der Waals surface area contributed by atoms with Crippen molar-refractivity contribution in [3.63, 3.8) is 0 Å². The third-order valence-corrected chi connectivity index (χ3v) is 4.37. The van der Waals surface area contributed by atoms with E-state index in [1.54, 1.807) is 18.2 Å². The fourth-order valence-electron chi connectivity index (χ4n) is 3.23. The number of ether oxygens (including phenoxy) is 1. The summed E-state index contributed by atoms with van der Waals surface area (Å²) in [4.78, 5) is 4.15. The van der Waals surface area contributed by atoms with E-state index >= 15 is 0 Å². The Bertz CT molecular complexity index is 1090. The third-order valence-electron chi connectivity index (χ3n) is 4.37. The Morgan fingerprint density at radius 3 is 2.73 bits per heavy atom. The van der Waals surface area contributed by atoms with Gasteiger partial charge in [-0.2, -0.15) is 10.2 Å². The normalized spacial score (nSPS) is 14.7. The van der Waals surface area contributed by atoms with Gasteiger partial charge in [0, 0.05) is 17.5 Å². The van der Waals surface area contributed by atoms with Crippen LogP contribution < -0.4 is 16.2 Å². The number of phenols is 1. The number of hydrogen-bond acceptors (Lipinski definition) is 6. The number of nitrogens with two attached hydrogens (primary N) is 2. The predicted octanol–water partition coefficient (Wildman–Crippen LogP) is 3.25. The molecule has 3 aromatic rings. The lowest BCUT2D eigenvalue weighted by Crippen LogP contribution is -2.17. The van der Waals surface area contributed by atoms with Crippen molar-refractivity contribution in [2.75, 3.05) is 11.5 Å². The maximum atomic E-state index is 13.9. The van der Waals surface area contributed by atoms with Gasteiger partial charge < -0.3 is 21.3 Å². The fraction of sp³-hybridized carbons (Fsp3) is 0.0526. The molecule has 1 aliphatic rings. The Balaban J connectivity index is 2.06. The van der Waals surface area contributed by atoms with E-state index in [2.05, 4.69) is 4.98 Å². The van der Waals surface area contributed by atoms with Gasteiger partial charge in [0.05, 0.1) is 11.3 Å². The number of aromatic hydroxyl groups is 1. The molecule has 0 amide bonds. The molecule has 0 aliphatic carbocycles. The first-order valence-electron chi connectivity index (χ1n) is 7.74. The zero-order chi connectivity index (χ0) is 18.4. The molecule has 1 aromatic heterocycles. The lowest BCUT2D eigenvalue weighted by atomic mass is 9.82. The van der Waals surface area contributed by atoms with Gasteiger partial charge in [0.2, 0.25) is 5.88 Å². The van der Waals surface area contributed by atoms with E-state index < -0.39 is 11.7 Å². The molecule has 0 fully saturated rings. The number of aromatic nitrogens is 1. The Hall–Kier alpha value is -3.79. The minimum atomic E-state index is -0.523. The highest BCUT2D eigenvalue weighted by molar-refractivity contribution is 5.75. The van der Waals surface area contributed by atoms with Crippen molar-refractivity contribution in [3.05, 3.63) is 70.5 Å². The maximum Gasteiger partial charge on any atom is 0.227 e. The molecular weight excluding hydrogens is 335 g/mol. The molecule has 0 radical (unpaired) electrons. The quantitative estimate of drug-likeness (QED) is 0.486. The van der Waals surface area contributed by atoms with E-state index in [0.717, 1.165) is 0 Å². The maximum absolute atomic E-state index is 13.9. The summed E-state index contributed by atoms with van der Waals surface area (Å²) in [6, 6.07) is 12.6. The van der Waals surface area contributed by atoms with Gasteiger partial charge in [-0.3, -0.25) is 0 Å². The van der Waals surface area contributed by atoms with Crippen LogP contribution in [0.15, 0.2) is 42.5 Å². The molecular formula is C19H13FN4O2. The van der Waals surface area contributed by atoms with Crippen LogP contribution in [0.25, 0.3) is 0 Å². The van der Waals surface area contributed by atoms with Crippen LogP contribution in [0.2, 0.25) is 0 Å². The SMILES string of the molecule is N#Cc1c(N)nc2c(c1N)C(c1cccc(F)c1)c1ccc(O)cc1O2. The minimum absolute atomic E-state index is 0.0137. The second kappa shape index (κ2) is 5.63. The second-order valence-corrected chi connectivity index (χ2v) is 5.93. The molecule has 1 aliphatic heterocycles. The first kappa shape index (κ1) is 15.7. The molecule has 2 heterocycles. The van der Waals surface area contributed by atoms with Gasteiger partial charge in [0.25, 0.3) is 0 Å². The number of phenolic OH excluding ortho intramolecular Hbond substituents is 1. The molecule has 0 saturated carbocycles. The standard InChI is InChI=1S/C19H13FN4O2/c20-10-3-1-2-9(6-10)15-12-5-4-11(25)7-14(12)26-19-16(15)17(22)13(8-21)18(23)24-19/h1-7,15,25H,(H4,22,23,24). The van der Waals surface area contributed by atoms with Gasteiger partial charge in [0.15, 0.2) is 0 Å². The van der Waals surface area contributed by atoms with E-state index in [-0.39, 0.29) is 28.7 Å². The molecule has 128 valence electrons. The van der Waals surface area contributed by atoms with Crippen molar-refractivity contribution in [3.8, 4) is 23.4 Å². The third kappa shape index (κ3) is 2.28. The summed E-state index contributed by atoms with van der Waals surface area (Å²) in [6.07, 6.45) is 0. The van der Waals surface area contributed by atoms with Crippen LogP contribution in [0.5, 0.6) is 17.4 Å². The molecule has 1 atom stereocenters. The van der Waals surface area contributed by atoms with Gasteiger partial charge in [0.1, 0.15) is 34.8 Å². The molecule has 0 spiro atoms. The second-order valence-electron chi connectivity index (χ2n) is 5.93. The highest BCUT2D eigenvalue weighted by Crippen LogP contribution is 2.50. The predicted molar refractivity (Wildman–Crippen MR) is 93.3 cm³/mol. The molecule has 4 rings (SSSR count). The Morgan fingerprint density at radius 1 is 1.19 bits per heavy atom. The van der Waals surface area contributed by atoms with Crippen LogP contribution in [0, 0.1) is 17.1 Å². The van der Waals surface area contributed by atoms with Crippen molar-refractivity contribution in [1.82, 2.24) is 4.98 Å². The summed E-state index contributed by atoms with van der Waals surface area (Å²) in [5, 5.41) is 19.1. The van der Waals surface area contributed by atoms with Crippen LogP contribution in [0.3, 0.4) is 0 Å². The van der Waals surface area contributed by atoms with Crippen LogP contribution >= 0.6 is 0 Å². The summed E-state index contributed by atoms with van der Waals surface area (Å²) in [6.45, 7) is 0. The topological polar surface area (TPSA) is 118 Å². The van der Waals surface area contributed by atoms with E-state index in [9.17, 15) is 14.8 Å². The van der Waals surface area contributed by atoms with Crippen molar-refractivity contribution in [2.24, 2.45) is 0 Å². The minimum Gasteiger partial charge on any atom is -0.508 e. The van der Waals surface area contributed by atoms with Gasteiger partial charge in [-0.05, 0) is 23.8 Å². The lowest BCUT2D eigenvalue weighted by molar-refractivity contribution is 0.424. The van der Waals surface area contributed by atoms with Crippen molar-refractivity contribution in [1.29, 1.82) is 5.26 Å². The first-order valence-corrected chi connectivity index (χ1v) is 7.74. The number of rotatable bonds is 1. The van der Waals surface area contributed by atoms with E-state index in [4.69, 9.17) is 16.2 Å². The number of nitriles is 1. The Morgan fingerprint density at radius 2 is 2.00 bits per heavy atom. The Kier molecular flexibility index (Phi) is 3.41. The van der Waals surface area contributed by atoms with Gasteiger partial charge in [-0.25, -0.2) is 4.39 Å².